The molecule has 0 radical (unpaired) electrons. The first-order valence-corrected chi connectivity index (χ1v) is 7.82. The molecule has 0 aliphatic carbocycles. The number of piperidine rings is 1. The molecule has 5 heteroatoms. The van der Waals surface area contributed by atoms with E-state index in [4.69, 9.17) is 5.73 Å². The summed E-state index contributed by atoms with van der Waals surface area (Å²) < 4.78 is 0. The molecule has 1 aromatic heterocycles. The minimum atomic E-state index is 0.0996. The van der Waals surface area contributed by atoms with E-state index in [-0.39, 0.29) is 11.9 Å². The van der Waals surface area contributed by atoms with Crippen LogP contribution in [0.2, 0.25) is 0 Å². The maximum absolute atomic E-state index is 12.0. The van der Waals surface area contributed by atoms with Gasteiger partial charge in [0.15, 0.2) is 0 Å². The van der Waals surface area contributed by atoms with Gasteiger partial charge in [0.25, 0.3) is 0 Å². The Bertz CT molecular complexity index is 393. The van der Waals surface area contributed by atoms with Crippen LogP contribution in [0.15, 0.2) is 17.5 Å². The third kappa shape index (κ3) is 4.30. The molecule has 1 saturated heterocycles. The summed E-state index contributed by atoms with van der Waals surface area (Å²) >= 11 is 1.68. The highest BCUT2D eigenvalue weighted by Crippen LogP contribution is 2.18. The van der Waals surface area contributed by atoms with Gasteiger partial charge < -0.3 is 11.1 Å². The van der Waals surface area contributed by atoms with Crippen molar-refractivity contribution in [3.63, 3.8) is 0 Å². The predicted molar refractivity (Wildman–Crippen MR) is 79.1 cm³/mol. The zero-order valence-electron chi connectivity index (χ0n) is 11.5. The second kappa shape index (κ2) is 7.03. The quantitative estimate of drug-likeness (QED) is 0.862. The van der Waals surface area contributed by atoms with Crippen molar-refractivity contribution in [2.75, 3.05) is 26.2 Å². The van der Waals surface area contributed by atoms with E-state index in [1.54, 1.807) is 11.3 Å². The number of carbonyl (C=O) groups is 1. The Hall–Kier alpha value is -0.910. The van der Waals surface area contributed by atoms with Gasteiger partial charge >= 0.3 is 0 Å². The van der Waals surface area contributed by atoms with Crippen molar-refractivity contribution in [3.05, 3.63) is 22.4 Å². The summed E-state index contributed by atoms with van der Waals surface area (Å²) in [5.41, 5.74) is 5.72. The molecule has 0 saturated carbocycles. The standard InChI is InChI=1S/C14H23N3OS/c1-11(13-5-3-7-19-13)16-14(18)10-17-6-2-4-12(8-15)9-17/h3,5,7,11-12H,2,4,6,8-10,15H2,1H3,(H,16,18). The van der Waals surface area contributed by atoms with Gasteiger partial charge in [0, 0.05) is 11.4 Å². The first-order chi connectivity index (χ1) is 9.19. The monoisotopic (exact) mass is 281 g/mol. The molecule has 1 aliphatic heterocycles. The zero-order valence-corrected chi connectivity index (χ0v) is 12.3. The van der Waals surface area contributed by atoms with E-state index in [9.17, 15) is 4.79 Å². The molecule has 2 atom stereocenters. The summed E-state index contributed by atoms with van der Waals surface area (Å²) in [7, 11) is 0. The van der Waals surface area contributed by atoms with Crippen molar-refractivity contribution in [3.8, 4) is 0 Å². The lowest BCUT2D eigenvalue weighted by atomic mass is 9.98. The fraction of sp³-hybridized carbons (Fsp3) is 0.643. The molecular formula is C14H23N3OS. The molecule has 106 valence electrons. The Balaban J connectivity index is 1.77. The van der Waals surface area contributed by atoms with Gasteiger partial charge in [-0.05, 0) is 50.2 Å². The van der Waals surface area contributed by atoms with E-state index in [0.29, 0.717) is 12.5 Å². The summed E-state index contributed by atoms with van der Waals surface area (Å²) in [5.74, 6) is 0.662. The van der Waals surface area contributed by atoms with Crippen molar-refractivity contribution in [2.24, 2.45) is 11.7 Å². The minimum Gasteiger partial charge on any atom is -0.348 e. The number of likely N-dealkylation sites (tertiary alicyclic amines) is 1. The van der Waals surface area contributed by atoms with Crippen molar-refractivity contribution < 1.29 is 4.79 Å². The van der Waals surface area contributed by atoms with Crippen LogP contribution in [0.1, 0.15) is 30.7 Å². The molecule has 1 amide bonds. The number of carbonyl (C=O) groups excluding carboxylic acids is 1. The summed E-state index contributed by atoms with van der Waals surface area (Å²) in [6.07, 6.45) is 2.34. The Morgan fingerprint density at radius 1 is 1.68 bits per heavy atom. The average Bonchev–Trinajstić information content (AvgIpc) is 2.92. The first kappa shape index (κ1) is 14.5. The summed E-state index contributed by atoms with van der Waals surface area (Å²) in [5, 5.41) is 5.10. The van der Waals surface area contributed by atoms with Crippen LogP contribution in [-0.4, -0.2) is 37.0 Å². The molecule has 19 heavy (non-hydrogen) atoms. The molecule has 2 heterocycles. The van der Waals surface area contributed by atoms with Crippen LogP contribution < -0.4 is 11.1 Å². The highest BCUT2D eigenvalue weighted by atomic mass is 32.1. The van der Waals surface area contributed by atoms with Crippen molar-refractivity contribution in [1.29, 1.82) is 0 Å². The van der Waals surface area contributed by atoms with Crippen LogP contribution in [0.3, 0.4) is 0 Å². The average molecular weight is 281 g/mol. The van der Waals surface area contributed by atoms with Crippen LogP contribution >= 0.6 is 11.3 Å². The first-order valence-electron chi connectivity index (χ1n) is 6.94. The number of hydrogen-bond acceptors (Lipinski definition) is 4. The topological polar surface area (TPSA) is 58.4 Å². The Labute approximate surface area is 119 Å². The van der Waals surface area contributed by atoms with Gasteiger partial charge in [-0.15, -0.1) is 11.3 Å². The number of nitrogens with zero attached hydrogens (tertiary/aromatic N) is 1. The lowest BCUT2D eigenvalue weighted by molar-refractivity contribution is -0.123. The summed E-state index contributed by atoms with van der Waals surface area (Å²) in [4.78, 5) is 15.5. The van der Waals surface area contributed by atoms with Crippen molar-refractivity contribution >= 4 is 17.2 Å². The molecule has 0 aromatic carbocycles. The molecule has 2 rings (SSSR count). The maximum Gasteiger partial charge on any atom is 0.234 e. The molecule has 1 aromatic rings. The Morgan fingerprint density at radius 2 is 2.53 bits per heavy atom. The van der Waals surface area contributed by atoms with Crippen LogP contribution in [0.4, 0.5) is 0 Å². The lowest BCUT2D eigenvalue weighted by Gasteiger charge is -2.31. The maximum atomic E-state index is 12.0. The van der Waals surface area contributed by atoms with Gasteiger partial charge in [-0.25, -0.2) is 0 Å². The summed E-state index contributed by atoms with van der Waals surface area (Å²) in [6.45, 7) is 5.22. The van der Waals surface area contributed by atoms with E-state index in [0.717, 1.165) is 26.1 Å². The van der Waals surface area contributed by atoms with Crippen molar-refractivity contribution in [2.45, 2.75) is 25.8 Å². The number of nitrogens with one attached hydrogen (secondary N) is 1. The summed E-state index contributed by atoms with van der Waals surface area (Å²) in [6, 6.07) is 4.17. The second-order valence-electron chi connectivity index (χ2n) is 5.28. The number of hydrogen-bond donors (Lipinski definition) is 2. The highest BCUT2D eigenvalue weighted by molar-refractivity contribution is 7.10. The van der Waals surface area contributed by atoms with Crippen LogP contribution in [-0.2, 0) is 4.79 Å². The van der Waals surface area contributed by atoms with E-state index in [1.807, 2.05) is 18.4 Å². The molecule has 3 N–H and O–H groups in total. The molecule has 1 aliphatic rings. The van der Waals surface area contributed by atoms with Crippen LogP contribution in [0, 0.1) is 5.92 Å². The predicted octanol–water partition coefficient (Wildman–Crippen LogP) is 1.60. The number of thiophene rings is 1. The molecule has 4 nitrogen and oxygen atoms in total. The van der Waals surface area contributed by atoms with E-state index in [1.165, 1.54) is 11.3 Å². The van der Waals surface area contributed by atoms with E-state index in [2.05, 4.69) is 16.3 Å². The van der Waals surface area contributed by atoms with Gasteiger partial charge in [0.2, 0.25) is 5.91 Å². The smallest absolute Gasteiger partial charge is 0.234 e. The third-order valence-electron chi connectivity index (χ3n) is 3.65. The second-order valence-corrected chi connectivity index (χ2v) is 6.26. The molecule has 1 fully saturated rings. The van der Waals surface area contributed by atoms with Gasteiger partial charge in [0.1, 0.15) is 0 Å². The fourth-order valence-electron chi connectivity index (χ4n) is 2.59. The normalized spacial score (nSPS) is 22.1. The SMILES string of the molecule is CC(NC(=O)CN1CCCC(CN)C1)c1cccs1. The van der Waals surface area contributed by atoms with Gasteiger partial charge in [-0.3, -0.25) is 9.69 Å². The molecule has 2 unspecified atom stereocenters. The van der Waals surface area contributed by atoms with E-state index >= 15 is 0 Å². The number of amides is 1. The molecule has 0 spiro atoms. The number of nitrogens with two attached hydrogens (primary N) is 1. The zero-order chi connectivity index (χ0) is 13.7. The lowest BCUT2D eigenvalue weighted by Crippen LogP contribution is -2.44. The third-order valence-corrected chi connectivity index (χ3v) is 4.71. The van der Waals surface area contributed by atoms with Crippen LogP contribution in [0.5, 0.6) is 0 Å². The van der Waals surface area contributed by atoms with Gasteiger partial charge in [-0.2, -0.15) is 0 Å². The van der Waals surface area contributed by atoms with Gasteiger partial charge in [0.05, 0.1) is 12.6 Å². The van der Waals surface area contributed by atoms with Crippen LogP contribution in [0.25, 0.3) is 0 Å². The Morgan fingerprint density at radius 3 is 3.21 bits per heavy atom. The molecule has 0 bridgehead atoms. The van der Waals surface area contributed by atoms with E-state index < -0.39 is 0 Å². The molecular weight excluding hydrogens is 258 g/mol. The highest BCUT2D eigenvalue weighted by Gasteiger charge is 2.21. The number of rotatable bonds is 5. The largest absolute Gasteiger partial charge is 0.348 e. The van der Waals surface area contributed by atoms with Crippen molar-refractivity contribution in [1.82, 2.24) is 10.2 Å². The minimum absolute atomic E-state index is 0.0996. The fourth-order valence-corrected chi connectivity index (χ4v) is 3.32. The van der Waals surface area contributed by atoms with Gasteiger partial charge in [-0.1, -0.05) is 6.07 Å². The Kier molecular flexibility index (Phi) is 5.36.